The Morgan fingerprint density at radius 2 is 1.79 bits per heavy atom. The molecule has 1 saturated heterocycles. The maximum absolute atomic E-state index is 13.1. The molecule has 180 valence electrons. The minimum Gasteiger partial charge on any atom is -0.444 e. The molecule has 7 nitrogen and oxygen atoms in total. The maximum Gasteiger partial charge on any atom is 0.407 e. The smallest absolute Gasteiger partial charge is 0.407 e. The van der Waals surface area contributed by atoms with Crippen LogP contribution in [0.25, 0.3) is 6.08 Å². The second-order valence-electron chi connectivity index (χ2n) is 9.12. The Morgan fingerprint density at radius 1 is 1.12 bits per heavy atom. The molecule has 2 aromatic rings. The Balaban J connectivity index is 1.67. The largest absolute Gasteiger partial charge is 0.444 e. The highest BCUT2D eigenvalue weighted by Crippen LogP contribution is 2.20. The van der Waals surface area contributed by atoms with Crippen LogP contribution in [-0.2, 0) is 14.3 Å². The van der Waals surface area contributed by atoms with Crippen LogP contribution in [0.4, 0.5) is 10.5 Å². The second kappa shape index (κ2) is 11.3. The third-order valence-corrected chi connectivity index (χ3v) is 5.71. The molecule has 1 heterocycles. The lowest BCUT2D eigenvalue weighted by Crippen LogP contribution is -2.44. The fourth-order valence-corrected chi connectivity index (χ4v) is 3.82. The molecule has 0 radical (unpaired) electrons. The first-order valence-electron chi connectivity index (χ1n) is 11.2. The molecule has 2 aromatic carbocycles. The zero-order chi connectivity index (χ0) is 24.7. The lowest BCUT2D eigenvalue weighted by molar-refractivity contribution is -0.130. The van der Waals surface area contributed by atoms with E-state index in [1.54, 1.807) is 43.9 Å². The number of rotatable bonds is 6. The first-order valence-corrected chi connectivity index (χ1v) is 12.0. The molecular formula is C26H30BrN3O4. The van der Waals surface area contributed by atoms with Crippen LogP contribution in [0.15, 0.2) is 65.1 Å². The number of ether oxygens (including phenoxy) is 1. The quantitative estimate of drug-likeness (QED) is 0.555. The zero-order valence-corrected chi connectivity index (χ0v) is 21.2. The van der Waals surface area contributed by atoms with Crippen LogP contribution < -0.4 is 10.2 Å². The van der Waals surface area contributed by atoms with Crippen LogP contribution in [0.5, 0.6) is 0 Å². The summed E-state index contributed by atoms with van der Waals surface area (Å²) in [5.74, 6) is -0.472. The van der Waals surface area contributed by atoms with E-state index in [1.807, 2.05) is 42.5 Å². The summed E-state index contributed by atoms with van der Waals surface area (Å²) in [7, 11) is 0. The number of halogens is 1. The van der Waals surface area contributed by atoms with Crippen LogP contribution in [-0.4, -0.2) is 54.1 Å². The molecule has 34 heavy (non-hydrogen) atoms. The van der Waals surface area contributed by atoms with E-state index in [0.717, 1.165) is 10.0 Å². The lowest BCUT2D eigenvalue weighted by atomic mass is 10.2. The van der Waals surface area contributed by atoms with Crippen LogP contribution >= 0.6 is 15.9 Å². The van der Waals surface area contributed by atoms with Crippen LogP contribution in [0.1, 0.15) is 32.8 Å². The van der Waals surface area contributed by atoms with Crippen molar-refractivity contribution >= 4 is 45.6 Å². The molecule has 0 spiro atoms. The van der Waals surface area contributed by atoms with E-state index in [1.165, 1.54) is 11.0 Å². The minimum absolute atomic E-state index is 0.0985. The van der Waals surface area contributed by atoms with E-state index in [0.29, 0.717) is 25.2 Å². The SMILES string of the molecule is CC(C)(C)OC(=O)N[C@H]1CCN(C(=O)CN(C(=O)C=Cc2ccccc2)c2ccc(Br)cc2)C1. The topological polar surface area (TPSA) is 79.0 Å². The molecule has 0 saturated carbocycles. The standard InChI is InChI=1S/C26H30BrN3O4/c1-26(2,3)34-25(33)28-21-15-16-29(17-21)24(32)18-30(22-12-10-20(27)11-13-22)23(31)14-9-19-7-5-4-6-8-19/h4-14,21H,15-18H2,1-3H3,(H,28,33)/t21-/m0/s1. The van der Waals surface area contributed by atoms with Crippen molar-refractivity contribution in [1.82, 2.24) is 10.2 Å². The van der Waals surface area contributed by atoms with Crippen molar-refractivity contribution in [2.24, 2.45) is 0 Å². The normalized spacial score (nSPS) is 15.9. The van der Waals surface area contributed by atoms with Crippen molar-refractivity contribution in [1.29, 1.82) is 0 Å². The summed E-state index contributed by atoms with van der Waals surface area (Å²) in [5.41, 5.74) is 0.937. The van der Waals surface area contributed by atoms with Crippen LogP contribution in [0.3, 0.4) is 0 Å². The third kappa shape index (κ3) is 7.73. The number of alkyl carbamates (subject to hydrolysis) is 1. The van der Waals surface area contributed by atoms with Gasteiger partial charge in [-0.3, -0.25) is 14.5 Å². The predicted molar refractivity (Wildman–Crippen MR) is 136 cm³/mol. The molecule has 0 aliphatic carbocycles. The van der Waals surface area contributed by atoms with Crippen molar-refractivity contribution in [3.8, 4) is 0 Å². The van der Waals surface area contributed by atoms with Crippen molar-refractivity contribution in [2.45, 2.75) is 38.8 Å². The molecule has 0 bridgehead atoms. The maximum atomic E-state index is 13.1. The van der Waals surface area contributed by atoms with Gasteiger partial charge in [0.25, 0.3) is 5.91 Å². The fourth-order valence-electron chi connectivity index (χ4n) is 3.55. The van der Waals surface area contributed by atoms with Crippen LogP contribution in [0, 0.1) is 0 Å². The van der Waals surface area contributed by atoms with E-state index in [-0.39, 0.29) is 24.4 Å². The van der Waals surface area contributed by atoms with Gasteiger partial charge in [0.15, 0.2) is 0 Å². The Bertz CT molecular complexity index is 1030. The molecule has 0 unspecified atom stereocenters. The second-order valence-corrected chi connectivity index (χ2v) is 10.0. The highest BCUT2D eigenvalue weighted by atomic mass is 79.9. The number of nitrogens with zero attached hydrogens (tertiary/aromatic N) is 2. The summed E-state index contributed by atoms with van der Waals surface area (Å²) in [6.07, 6.45) is 3.34. The van der Waals surface area contributed by atoms with E-state index in [4.69, 9.17) is 4.74 Å². The first kappa shape index (κ1) is 25.5. The lowest BCUT2D eigenvalue weighted by Gasteiger charge is -2.25. The number of hydrogen-bond acceptors (Lipinski definition) is 4. The van der Waals surface area contributed by atoms with Gasteiger partial charge in [0.2, 0.25) is 5.91 Å². The van der Waals surface area contributed by atoms with Gasteiger partial charge in [-0.05, 0) is 63.1 Å². The number of likely N-dealkylation sites (tertiary alicyclic amines) is 1. The minimum atomic E-state index is -0.586. The number of hydrogen-bond donors (Lipinski definition) is 1. The van der Waals surface area contributed by atoms with Crippen molar-refractivity contribution < 1.29 is 19.1 Å². The van der Waals surface area contributed by atoms with Gasteiger partial charge >= 0.3 is 6.09 Å². The predicted octanol–water partition coefficient (Wildman–Crippen LogP) is 4.62. The van der Waals surface area contributed by atoms with Gasteiger partial charge in [0, 0.05) is 29.3 Å². The molecule has 1 atom stereocenters. The molecule has 1 fully saturated rings. The molecule has 1 aliphatic heterocycles. The first-order chi connectivity index (χ1) is 16.1. The van der Waals surface area contributed by atoms with Crippen LogP contribution in [0.2, 0.25) is 0 Å². The molecule has 0 aromatic heterocycles. The monoisotopic (exact) mass is 527 g/mol. The number of benzene rings is 2. The van der Waals surface area contributed by atoms with Gasteiger partial charge < -0.3 is 15.0 Å². The molecule has 8 heteroatoms. The van der Waals surface area contributed by atoms with E-state index >= 15 is 0 Å². The number of carbonyl (C=O) groups is 3. The van der Waals surface area contributed by atoms with Gasteiger partial charge in [-0.1, -0.05) is 46.3 Å². The molecule has 1 N–H and O–H groups in total. The van der Waals surface area contributed by atoms with Gasteiger partial charge in [-0.2, -0.15) is 0 Å². The molecular weight excluding hydrogens is 498 g/mol. The Morgan fingerprint density at radius 3 is 2.44 bits per heavy atom. The fraction of sp³-hybridized carbons (Fsp3) is 0.346. The van der Waals surface area contributed by atoms with Gasteiger partial charge in [0.1, 0.15) is 12.1 Å². The summed E-state index contributed by atoms with van der Waals surface area (Å²) >= 11 is 3.40. The average Bonchev–Trinajstić information content (AvgIpc) is 3.24. The number of anilines is 1. The highest BCUT2D eigenvalue weighted by Gasteiger charge is 2.30. The Labute approximate surface area is 208 Å². The highest BCUT2D eigenvalue weighted by molar-refractivity contribution is 9.10. The molecule has 3 rings (SSSR count). The van der Waals surface area contributed by atoms with Crippen molar-refractivity contribution in [3.63, 3.8) is 0 Å². The summed E-state index contributed by atoms with van der Waals surface area (Å²) in [6.45, 7) is 6.19. The van der Waals surface area contributed by atoms with E-state index in [9.17, 15) is 14.4 Å². The summed E-state index contributed by atoms with van der Waals surface area (Å²) in [6, 6.07) is 16.6. The molecule has 3 amide bonds. The third-order valence-electron chi connectivity index (χ3n) is 5.18. The summed E-state index contributed by atoms with van der Waals surface area (Å²) in [4.78, 5) is 41.4. The van der Waals surface area contributed by atoms with E-state index in [2.05, 4.69) is 21.2 Å². The Kier molecular flexibility index (Phi) is 8.50. The summed E-state index contributed by atoms with van der Waals surface area (Å²) < 4.78 is 6.18. The number of carbonyl (C=O) groups excluding carboxylic acids is 3. The van der Waals surface area contributed by atoms with Gasteiger partial charge in [-0.15, -0.1) is 0 Å². The molecule has 1 aliphatic rings. The number of nitrogens with one attached hydrogen (secondary N) is 1. The Hall–Kier alpha value is -3.13. The van der Waals surface area contributed by atoms with Gasteiger partial charge in [-0.25, -0.2) is 4.79 Å². The van der Waals surface area contributed by atoms with Crippen molar-refractivity contribution in [2.75, 3.05) is 24.5 Å². The van der Waals surface area contributed by atoms with Crippen molar-refractivity contribution in [3.05, 3.63) is 70.7 Å². The average molecular weight is 528 g/mol. The summed E-state index contributed by atoms with van der Waals surface area (Å²) in [5, 5.41) is 2.82. The van der Waals surface area contributed by atoms with E-state index < -0.39 is 11.7 Å². The zero-order valence-electron chi connectivity index (χ0n) is 19.7. The number of amides is 3. The van der Waals surface area contributed by atoms with Gasteiger partial charge in [0.05, 0.1) is 6.04 Å².